The summed E-state index contributed by atoms with van der Waals surface area (Å²) in [6.07, 6.45) is 0.797. The molecule has 0 bridgehead atoms. The van der Waals surface area contributed by atoms with Crippen molar-refractivity contribution in [3.8, 4) is 0 Å². The Morgan fingerprint density at radius 2 is 1.23 bits per heavy atom. The monoisotopic (exact) mass is 353 g/mol. The number of hydrogen-bond acceptors (Lipinski definition) is 2. The van der Waals surface area contributed by atoms with Gasteiger partial charge in [0.2, 0.25) is 0 Å². The van der Waals surface area contributed by atoms with Gasteiger partial charge in [0.1, 0.15) is 0 Å². The summed E-state index contributed by atoms with van der Waals surface area (Å²) in [6.45, 7) is 11.5. The molecular formula is C24H35NO. The van der Waals surface area contributed by atoms with Crippen LogP contribution in [-0.2, 0) is 13.1 Å². The SMILES string of the molecule is CC(C)C[C@H](CN(Cc1ccccc1)Cc1ccccc1)[C@H](O)C(C)C. The van der Waals surface area contributed by atoms with Crippen LogP contribution in [0.5, 0.6) is 0 Å². The Morgan fingerprint density at radius 3 is 1.62 bits per heavy atom. The first-order valence-corrected chi connectivity index (χ1v) is 9.94. The lowest BCUT2D eigenvalue weighted by Crippen LogP contribution is -2.37. The Morgan fingerprint density at radius 1 is 0.769 bits per heavy atom. The van der Waals surface area contributed by atoms with Crippen LogP contribution in [0.15, 0.2) is 60.7 Å². The van der Waals surface area contributed by atoms with Crippen molar-refractivity contribution in [1.29, 1.82) is 0 Å². The number of aliphatic hydroxyl groups is 1. The van der Waals surface area contributed by atoms with Crippen molar-refractivity contribution in [3.05, 3.63) is 71.8 Å². The minimum atomic E-state index is -0.258. The summed E-state index contributed by atoms with van der Waals surface area (Å²) in [5, 5.41) is 10.8. The molecule has 0 spiro atoms. The molecule has 0 fully saturated rings. The van der Waals surface area contributed by atoms with Crippen molar-refractivity contribution in [2.75, 3.05) is 6.54 Å². The summed E-state index contributed by atoms with van der Waals surface area (Å²) in [5.41, 5.74) is 2.65. The third-order valence-electron chi connectivity index (χ3n) is 4.93. The second-order valence-corrected chi connectivity index (χ2v) is 8.27. The largest absolute Gasteiger partial charge is 0.393 e. The highest BCUT2D eigenvalue weighted by Gasteiger charge is 2.25. The maximum Gasteiger partial charge on any atom is 0.0603 e. The first-order chi connectivity index (χ1) is 12.5. The number of benzene rings is 2. The third-order valence-corrected chi connectivity index (χ3v) is 4.93. The summed E-state index contributed by atoms with van der Waals surface area (Å²) >= 11 is 0. The van der Waals surface area contributed by atoms with Crippen molar-refractivity contribution in [3.63, 3.8) is 0 Å². The summed E-state index contributed by atoms with van der Waals surface area (Å²) in [5.74, 6) is 1.17. The molecule has 0 unspecified atom stereocenters. The first kappa shape index (κ1) is 20.7. The maximum absolute atomic E-state index is 10.8. The molecule has 2 rings (SSSR count). The standard InChI is InChI=1S/C24H35NO/c1-19(2)15-23(24(26)20(3)4)18-25(16-21-11-7-5-8-12-21)17-22-13-9-6-10-14-22/h5-14,19-20,23-24,26H,15-18H2,1-4H3/t23-,24-/m1/s1. The molecule has 1 N–H and O–H groups in total. The van der Waals surface area contributed by atoms with E-state index in [4.69, 9.17) is 0 Å². The van der Waals surface area contributed by atoms with Gasteiger partial charge >= 0.3 is 0 Å². The molecule has 0 radical (unpaired) electrons. The summed E-state index contributed by atoms with van der Waals surface area (Å²) in [6, 6.07) is 21.3. The Kier molecular flexibility index (Phi) is 8.34. The highest BCUT2D eigenvalue weighted by Crippen LogP contribution is 2.24. The van der Waals surface area contributed by atoms with Crippen molar-refractivity contribution in [2.24, 2.45) is 17.8 Å². The Bertz CT molecular complexity index is 567. The van der Waals surface area contributed by atoms with Crippen LogP contribution in [-0.4, -0.2) is 22.7 Å². The minimum absolute atomic E-state index is 0.258. The van der Waals surface area contributed by atoms with Crippen molar-refractivity contribution < 1.29 is 5.11 Å². The van der Waals surface area contributed by atoms with E-state index < -0.39 is 0 Å². The van der Waals surface area contributed by atoms with Crippen molar-refractivity contribution in [2.45, 2.75) is 53.3 Å². The van der Waals surface area contributed by atoms with E-state index >= 15 is 0 Å². The fourth-order valence-electron chi connectivity index (χ4n) is 3.67. The number of nitrogens with zero attached hydrogens (tertiary/aromatic N) is 1. The Labute approximate surface area is 159 Å². The number of hydrogen-bond donors (Lipinski definition) is 1. The van der Waals surface area contributed by atoms with Gasteiger partial charge in [-0.3, -0.25) is 4.90 Å². The van der Waals surface area contributed by atoms with Crippen LogP contribution in [0.1, 0.15) is 45.2 Å². The lowest BCUT2D eigenvalue weighted by atomic mass is 9.86. The quantitative estimate of drug-likeness (QED) is 0.621. The molecule has 26 heavy (non-hydrogen) atoms. The highest BCUT2D eigenvalue weighted by molar-refractivity contribution is 5.17. The zero-order valence-electron chi connectivity index (χ0n) is 16.8. The second kappa shape index (κ2) is 10.5. The van der Waals surface area contributed by atoms with Crippen LogP contribution >= 0.6 is 0 Å². The van der Waals surface area contributed by atoms with E-state index in [1.54, 1.807) is 0 Å². The fraction of sp³-hybridized carbons (Fsp3) is 0.500. The molecule has 0 saturated heterocycles. The molecule has 2 nitrogen and oxygen atoms in total. The van der Waals surface area contributed by atoms with E-state index in [0.29, 0.717) is 11.8 Å². The van der Waals surface area contributed by atoms with Gasteiger partial charge in [-0.1, -0.05) is 88.4 Å². The molecule has 0 aliphatic heterocycles. The van der Waals surface area contributed by atoms with Gasteiger partial charge in [0.25, 0.3) is 0 Å². The van der Waals surface area contributed by atoms with E-state index in [1.165, 1.54) is 11.1 Å². The van der Waals surface area contributed by atoms with Gasteiger partial charge < -0.3 is 5.11 Å². The molecule has 2 aromatic rings. The zero-order valence-corrected chi connectivity index (χ0v) is 16.8. The lowest BCUT2D eigenvalue weighted by molar-refractivity contribution is 0.0306. The lowest BCUT2D eigenvalue weighted by Gasteiger charge is -2.33. The minimum Gasteiger partial charge on any atom is -0.393 e. The van der Waals surface area contributed by atoms with Crippen molar-refractivity contribution in [1.82, 2.24) is 4.90 Å². The van der Waals surface area contributed by atoms with Gasteiger partial charge in [-0.2, -0.15) is 0 Å². The number of rotatable bonds is 10. The van der Waals surface area contributed by atoms with Gasteiger partial charge in [0.05, 0.1) is 6.10 Å². The molecule has 142 valence electrons. The molecule has 0 saturated carbocycles. The average Bonchev–Trinajstić information content (AvgIpc) is 2.61. The predicted molar refractivity (Wildman–Crippen MR) is 111 cm³/mol. The molecule has 2 atom stereocenters. The first-order valence-electron chi connectivity index (χ1n) is 9.94. The number of aliphatic hydroxyl groups excluding tert-OH is 1. The normalized spacial score (nSPS) is 14.2. The van der Waals surface area contributed by atoms with Gasteiger partial charge in [-0.05, 0) is 35.3 Å². The van der Waals surface area contributed by atoms with Crippen LogP contribution in [0.4, 0.5) is 0 Å². The Hall–Kier alpha value is -1.64. The fourth-order valence-corrected chi connectivity index (χ4v) is 3.67. The van der Waals surface area contributed by atoms with Crippen LogP contribution < -0.4 is 0 Å². The summed E-state index contributed by atoms with van der Waals surface area (Å²) < 4.78 is 0. The molecule has 0 heterocycles. The van der Waals surface area contributed by atoms with Gasteiger partial charge in [0, 0.05) is 19.6 Å². The van der Waals surface area contributed by atoms with E-state index in [9.17, 15) is 5.11 Å². The molecule has 0 aliphatic rings. The Balaban J connectivity index is 2.16. The van der Waals surface area contributed by atoms with Crippen molar-refractivity contribution >= 4 is 0 Å². The van der Waals surface area contributed by atoms with E-state index in [2.05, 4.69) is 93.3 Å². The molecule has 0 amide bonds. The van der Waals surface area contributed by atoms with Gasteiger partial charge in [0.15, 0.2) is 0 Å². The summed E-state index contributed by atoms with van der Waals surface area (Å²) in [7, 11) is 0. The molecular weight excluding hydrogens is 318 g/mol. The highest BCUT2D eigenvalue weighted by atomic mass is 16.3. The smallest absolute Gasteiger partial charge is 0.0603 e. The topological polar surface area (TPSA) is 23.5 Å². The van der Waals surface area contributed by atoms with Crippen LogP contribution in [0, 0.1) is 17.8 Å². The molecule has 2 heteroatoms. The average molecular weight is 354 g/mol. The maximum atomic E-state index is 10.8. The van der Waals surface area contributed by atoms with E-state index in [-0.39, 0.29) is 12.0 Å². The van der Waals surface area contributed by atoms with Gasteiger partial charge in [-0.15, -0.1) is 0 Å². The predicted octanol–water partition coefficient (Wildman–Crippen LogP) is 5.37. The van der Waals surface area contributed by atoms with Crippen LogP contribution in [0.25, 0.3) is 0 Å². The van der Waals surface area contributed by atoms with E-state index in [0.717, 1.165) is 26.1 Å². The van der Waals surface area contributed by atoms with Crippen LogP contribution in [0.2, 0.25) is 0 Å². The third kappa shape index (κ3) is 6.93. The second-order valence-electron chi connectivity index (χ2n) is 8.27. The van der Waals surface area contributed by atoms with Crippen LogP contribution in [0.3, 0.4) is 0 Å². The van der Waals surface area contributed by atoms with Gasteiger partial charge in [-0.25, -0.2) is 0 Å². The molecule has 2 aromatic carbocycles. The summed E-state index contributed by atoms with van der Waals surface area (Å²) in [4.78, 5) is 2.49. The molecule has 0 aliphatic carbocycles. The molecule has 0 aromatic heterocycles. The zero-order chi connectivity index (χ0) is 18.9. The van der Waals surface area contributed by atoms with E-state index in [1.807, 2.05) is 0 Å².